The first-order valence-corrected chi connectivity index (χ1v) is 8.00. The average Bonchev–Trinajstić information content (AvgIpc) is 2.53. The first kappa shape index (κ1) is 13.6. The Morgan fingerprint density at radius 2 is 1.85 bits per heavy atom. The van der Waals surface area contributed by atoms with Crippen molar-refractivity contribution in [2.45, 2.75) is 38.5 Å². The van der Waals surface area contributed by atoms with E-state index in [4.69, 9.17) is 5.73 Å². The lowest BCUT2D eigenvalue weighted by molar-refractivity contribution is 0.236. The number of rotatable bonds is 3. The molecule has 1 fully saturated rings. The Bertz CT molecular complexity index is 575. The smallest absolute Gasteiger partial charge is 0.00430 e. The SMILES string of the molecule is CCC1CCC(CN)C(c2ccc3ccccc3c2)C1. The molecule has 2 aromatic carbocycles. The van der Waals surface area contributed by atoms with Crippen LogP contribution >= 0.6 is 0 Å². The number of nitrogens with two attached hydrogens (primary N) is 1. The summed E-state index contributed by atoms with van der Waals surface area (Å²) in [4.78, 5) is 0. The summed E-state index contributed by atoms with van der Waals surface area (Å²) in [6, 6.07) is 15.6. The highest BCUT2D eigenvalue weighted by Crippen LogP contribution is 2.41. The van der Waals surface area contributed by atoms with E-state index in [0.717, 1.165) is 12.5 Å². The van der Waals surface area contributed by atoms with Crippen molar-refractivity contribution in [2.24, 2.45) is 17.6 Å². The van der Waals surface area contributed by atoms with E-state index in [2.05, 4.69) is 49.4 Å². The van der Waals surface area contributed by atoms with Gasteiger partial charge in [0.2, 0.25) is 0 Å². The molecule has 106 valence electrons. The molecule has 3 atom stereocenters. The van der Waals surface area contributed by atoms with Gasteiger partial charge in [-0.2, -0.15) is 0 Å². The molecular weight excluding hydrogens is 242 g/mol. The molecule has 1 nitrogen and oxygen atoms in total. The maximum Gasteiger partial charge on any atom is -0.00430 e. The zero-order valence-corrected chi connectivity index (χ0v) is 12.4. The van der Waals surface area contributed by atoms with Crippen molar-refractivity contribution in [3.8, 4) is 0 Å². The quantitative estimate of drug-likeness (QED) is 0.856. The van der Waals surface area contributed by atoms with E-state index in [1.165, 1.54) is 42.0 Å². The zero-order valence-electron chi connectivity index (χ0n) is 12.4. The molecule has 0 aliphatic heterocycles. The van der Waals surface area contributed by atoms with Gasteiger partial charge in [0.15, 0.2) is 0 Å². The summed E-state index contributed by atoms with van der Waals surface area (Å²) in [7, 11) is 0. The van der Waals surface area contributed by atoms with Gasteiger partial charge in [-0.1, -0.05) is 62.2 Å². The normalized spacial score (nSPS) is 26.8. The van der Waals surface area contributed by atoms with Crippen molar-refractivity contribution >= 4 is 10.8 Å². The Morgan fingerprint density at radius 1 is 1.05 bits per heavy atom. The molecule has 0 bridgehead atoms. The monoisotopic (exact) mass is 267 g/mol. The topological polar surface area (TPSA) is 26.0 Å². The summed E-state index contributed by atoms with van der Waals surface area (Å²) < 4.78 is 0. The maximum absolute atomic E-state index is 6.03. The first-order valence-electron chi connectivity index (χ1n) is 8.00. The van der Waals surface area contributed by atoms with Gasteiger partial charge in [0.1, 0.15) is 0 Å². The lowest BCUT2D eigenvalue weighted by atomic mass is 9.70. The van der Waals surface area contributed by atoms with Gasteiger partial charge in [-0.3, -0.25) is 0 Å². The summed E-state index contributed by atoms with van der Waals surface area (Å²) in [6.45, 7) is 3.15. The fourth-order valence-corrected chi connectivity index (χ4v) is 3.82. The third-order valence-corrected chi connectivity index (χ3v) is 5.18. The van der Waals surface area contributed by atoms with E-state index in [1.54, 1.807) is 0 Å². The molecule has 0 amide bonds. The van der Waals surface area contributed by atoms with Gasteiger partial charge in [-0.15, -0.1) is 0 Å². The Kier molecular flexibility index (Phi) is 4.07. The second kappa shape index (κ2) is 5.97. The second-order valence-electron chi connectivity index (χ2n) is 6.30. The van der Waals surface area contributed by atoms with Crippen molar-refractivity contribution in [1.82, 2.24) is 0 Å². The van der Waals surface area contributed by atoms with Gasteiger partial charge in [0.25, 0.3) is 0 Å². The van der Waals surface area contributed by atoms with E-state index in [9.17, 15) is 0 Å². The molecule has 1 saturated carbocycles. The van der Waals surface area contributed by atoms with Crippen molar-refractivity contribution in [3.05, 3.63) is 48.0 Å². The molecule has 0 heterocycles. The van der Waals surface area contributed by atoms with Crippen LogP contribution in [0.25, 0.3) is 10.8 Å². The Morgan fingerprint density at radius 3 is 2.60 bits per heavy atom. The molecule has 3 unspecified atom stereocenters. The summed E-state index contributed by atoms with van der Waals surface area (Å²) >= 11 is 0. The average molecular weight is 267 g/mol. The lowest BCUT2D eigenvalue weighted by Gasteiger charge is -2.36. The Balaban J connectivity index is 1.94. The van der Waals surface area contributed by atoms with Crippen LogP contribution in [0, 0.1) is 11.8 Å². The lowest BCUT2D eigenvalue weighted by Crippen LogP contribution is -2.28. The van der Waals surface area contributed by atoms with Gasteiger partial charge >= 0.3 is 0 Å². The van der Waals surface area contributed by atoms with Gasteiger partial charge in [-0.05, 0) is 53.5 Å². The minimum atomic E-state index is 0.656. The van der Waals surface area contributed by atoms with Gasteiger partial charge < -0.3 is 5.73 Å². The van der Waals surface area contributed by atoms with Crippen LogP contribution in [-0.2, 0) is 0 Å². The van der Waals surface area contributed by atoms with Crippen LogP contribution < -0.4 is 5.73 Å². The van der Waals surface area contributed by atoms with Gasteiger partial charge in [0, 0.05) is 0 Å². The Hall–Kier alpha value is -1.34. The molecule has 1 aliphatic rings. The summed E-state index contributed by atoms with van der Waals surface area (Å²) in [6.07, 6.45) is 5.28. The molecule has 1 heteroatoms. The minimum absolute atomic E-state index is 0.656. The molecule has 0 saturated heterocycles. The molecule has 0 spiro atoms. The highest BCUT2D eigenvalue weighted by molar-refractivity contribution is 5.83. The number of hydrogen-bond acceptors (Lipinski definition) is 1. The molecular formula is C19H25N. The second-order valence-corrected chi connectivity index (χ2v) is 6.30. The summed E-state index contributed by atoms with van der Waals surface area (Å²) in [5, 5.41) is 2.70. The van der Waals surface area contributed by atoms with E-state index >= 15 is 0 Å². The van der Waals surface area contributed by atoms with E-state index in [0.29, 0.717) is 11.8 Å². The van der Waals surface area contributed by atoms with Crippen molar-refractivity contribution in [3.63, 3.8) is 0 Å². The highest BCUT2D eigenvalue weighted by atomic mass is 14.6. The largest absolute Gasteiger partial charge is 0.330 e. The van der Waals surface area contributed by atoms with Crippen LogP contribution in [-0.4, -0.2) is 6.54 Å². The molecule has 2 aromatic rings. The molecule has 0 radical (unpaired) electrons. The number of fused-ring (bicyclic) bond motifs is 1. The van der Waals surface area contributed by atoms with Crippen molar-refractivity contribution in [2.75, 3.05) is 6.54 Å². The third kappa shape index (κ3) is 2.60. The third-order valence-electron chi connectivity index (χ3n) is 5.18. The van der Waals surface area contributed by atoms with Gasteiger partial charge in [-0.25, -0.2) is 0 Å². The number of benzene rings is 2. The highest BCUT2D eigenvalue weighted by Gasteiger charge is 2.29. The fraction of sp³-hybridized carbons (Fsp3) is 0.474. The molecule has 1 aliphatic carbocycles. The van der Waals surface area contributed by atoms with Crippen molar-refractivity contribution in [1.29, 1.82) is 0 Å². The van der Waals surface area contributed by atoms with Gasteiger partial charge in [0.05, 0.1) is 0 Å². The molecule has 3 rings (SSSR count). The molecule has 0 aromatic heterocycles. The van der Waals surface area contributed by atoms with Crippen LogP contribution in [0.5, 0.6) is 0 Å². The molecule has 2 N–H and O–H groups in total. The van der Waals surface area contributed by atoms with Crippen LogP contribution in [0.2, 0.25) is 0 Å². The van der Waals surface area contributed by atoms with Crippen LogP contribution in [0.15, 0.2) is 42.5 Å². The van der Waals surface area contributed by atoms with E-state index in [1.807, 2.05) is 0 Å². The first-order chi connectivity index (χ1) is 9.81. The van der Waals surface area contributed by atoms with Crippen LogP contribution in [0.3, 0.4) is 0 Å². The maximum atomic E-state index is 6.03. The van der Waals surface area contributed by atoms with Crippen molar-refractivity contribution < 1.29 is 0 Å². The molecule has 20 heavy (non-hydrogen) atoms. The van der Waals surface area contributed by atoms with E-state index in [-0.39, 0.29) is 0 Å². The number of hydrogen-bond donors (Lipinski definition) is 1. The fourth-order valence-electron chi connectivity index (χ4n) is 3.82. The standard InChI is InChI=1S/C19H25N/c1-2-14-7-8-18(13-20)19(11-14)17-10-9-15-5-3-4-6-16(15)12-17/h3-6,9-10,12,14,18-19H,2,7-8,11,13,20H2,1H3. The van der Waals surface area contributed by atoms with E-state index < -0.39 is 0 Å². The zero-order chi connectivity index (χ0) is 13.9. The summed E-state index contributed by atoms with van der Waals surface area (Å²) in [5.41, 5.74) is 7.53. The minimum Gasteiger partial charge on any atom is -0.330 e. The van der Waals surface area contributed by atoms with Crippen LogP contribution in [0.1, 0.15) is 44.1 Å². The summed E-state index contributed by atoms with van der Waals surface area (Å²) in [5.74, 6) is 2.21. The van der Waals surface area contributed by atoms with Crippen LogP contribution in [0.4, 0.5) is 0 Å². The predicted molar refractivity (Wildman–Crippen MR) is 86.9 cm³/mol. The predicted octanol–water partition coefficient (Wildman–Crippen LogP) is 4.71. The Labute approximate surface area is 122 Å².